The fraction of sp³-hybridized carbons (Fsp3) is 0.760. The SMILES string of the molecule is CC(=O)[C@@]12OC(C)(C)O[C@@H]1C[C@H]1[C@@H]3C[C@H](C)C4=CC(=O)C=C[C@]4(C)[C@H]3CC[C@@]12C. The summed E-state index contributed by atoms with van der Waals surface area (Å²) in [5.74, 6) is 1.33. The Labute approximate surface area is 174 Å². The smallest absolute Gasteiger partial charge is 0.178 e. The molecule has 4 fully saturated rings. The van der Waals surface area contributed by atoms with Gasteiger partial charge in [-0.15, -0.1) is 0 Å². The van der Waals surface area contributed by atoms with Gasteiger partial charge in [0.15, 0.2) is 23.0 Å². The molecule has 4 nitrogen and oxygen atoms in total. The first-order chi connectivity index (χ1) is 13.4. The number of ether oxygens (including phenoxy) is 2. The second-order valence-corrected chi connectivity index (χ2v) is 11.2. The monoisotopic (exact) mass is 398 g/mol. The first-order valence-electron chi connectivity index (χ1n) is 11.3. The Morgan fingerprint density at radius 1 is 1.14 bits per heavy atom. The highest BCUT2D eigenvalue weighted by molar-refractivity contribution is 6.01. The van der Waals surface area contributed by atoms with Crippen molar-refractivity contribution in [3.63, 3.8) is 0 Å². The van der Waals surface area contributed by atoms with Crippen LogP contribution in [0.4, 0.5) is 0 Å². The molecule has 8 atom stereocenters. The third-order valence-corrected chi connectivity index (χ3v) is 9.39. The number of allylic oxidation sites excluding steroid dienone is 4. The van der Waals surface area contributed by atoms with Gasteiger partial charge in [-0.1, -0.05) is 32.4 Å². The first kappa shape index (κ1) is 19.7. The molecule has 3 saturated carbocycles. The van der Waals surface area contributed by atoms with E-state index in [1.165, 1.54) is 5.57 Å². The highest BCUT2D eigenvalue weighted by Gasteiger charge is 2.75. The lowest BCUT2D eigenvalue weighted by Crippen LogP contribution is -2.60. The van der Waals surface area contributed by atoms with E-state index in [2.05, 4.69) is 26.8 Å². The minimum absolute atomic E-state index is 0.0559. The van der Waals surface area contributed by atoms with E-state index in [4.69, 9.17) is 9.47 Å². The summed E-state index contributed by atoms with van der Waals surface area (Å²) in [6.45, 7) is 12.4. The van der Waals surface area contributed by atoms with Gasteiger partial charge in [0, 0.05) is 10.8 Å². The van der Waals surface area contributed by atoms with Gasteiger partial charge < -0.3 is 9.47 Å². The molecule has 4 heteroatoms. The van der Waals surface area contributed by atoms with Gasteiger partial charge in [0.25, 0.3) is 0 Å². The number of hydrogen-bond acceptors (Lipinski definition) is 4. The molecule has 0 spiro atoms. The maximum atomic E-state index is 13.1. The van der Waals surface area contributed by atoms with Crippen LogP contribution >= 0.6 is 0 Å². The number of carbonyl (C=O) groups excluding carboxylic acids is 2. The van der Waals surface area contributed by atoms with Crippen molar-refractivity contribution in [1.29, 1.82) is 0 Å². The standard InChI is InChI=1S/C25H34O4/c1-14-11-17-18(23(5)9-7-16(27)12-19(14)23)8-10-24(6)20(17)13-21-25(24,15(2)26)29-22(3,4)28-21/h7,9,12,14,17-18,20-21H,8,10-11,13H2,1-6H3/t14-,17+,18-,20-,21+,23+,24-,25+/m0/s1. The average Bonchev–Trinajstić information content (AvgIpc) is 3.03. The van der Waals surface area contributed by atoms with Crippen LogP contribution in [0.15, 0.2) is 23.8 Å². The van der Waals surface area contributed by atoms with Crippen molar-refractivity contribution in [2.75, 3.05) is 0 Å². The average molecular weight is 399 g/mol. The molecule has 0 aromatic carbocycles. The third kappa shape index (κ3) is 2.28. The Bertz CT molecular complexity index is 853. The van der Waals surface area contributed by atoms with E-state index in [1.807, 2.05) is 19.9 Å². The van der Waals surface area contributed by atoms with Crippen LogP contribution in [0.2, 0.25) is 0 Å². The predicted octanol–water partition coefficient (Wildman–Crippen LogP) is 4.63. The van der Waals surface area contributed by atoms with E-state index in [1.54, 1.807) is 13.0 Å². The summed E-state index contributed by atoms with van der Waals surface area (Å²) in [5.41, 5.74) is 0.219. The first-order valence-corrected chi connectivity index (χ1v) is 11.3. The van der Waals surface area contributed by atoms with Gasteiger partial charge in [0.05, 0.1) is 6.10 Å². The summed E-state index contributed by atoms with van der Waals surface area (Å²) in [6.07, 6.45) is 9.67. The number of Topliss-reactive ketones (excluding diaryl/α,β-unsaturated/α-hetero) is 1. The van der Waals surface area contributed by atoms with E-state index in [0.717, 1.165) is 25.7 Å². The Morgan fingerprint density at radius 3 is 2.55 bits per heavy atom. The van der Waals surface area contributed by atoms with Gasteiger partial charge in [-0.3, -0.25) is 9.59 Å². The maximum absolute atomic E-state index is 13.1. The van der Waals surface area contributed by atoms with E-state index in [-0.39, 0.29) is 28.5 Å². The Balaban J connectivity index is 1.57. The Kier molecular flexibility index (Phi) is 3.87. The summed E-state index contributed by atoms with van der Waals surface area (Å²) < 4.78 is 12.8. The van der Waals surface area contributed by atoms with Crippen molar-refractivity contribution in [1.82, 2.24) is 0 Å². The molecule has 0 bridgehead atoms. The largest absolute Gasteiger partial charge is 0.344 e. The maximum Gasteiger partial charge on any atom is 0.178 e. The van der Waals surface area contributed by atoms with Gasteiger partial charge in [0.2, 0.25) is 0 Å². The second-order valence-electron chi connectivity index (χ2n) is 11.2. The summed E-state index contributed by atoms with van der Waals surface area (Å²) in [6, 6.07) is 0. The fourth-order valence-electron chi connectivity index (χ4n) is 8.36. The number of fused-ring (bicyclic) bond motifs is 7. The third-order valence-electron chi connectivity index (χ3n) is 9.39. The van der Waals surface area contributed by atoms with Crippen LogP contribution in [-0.2, 0) is 19.1 Å². The van der Waals surface area contributed by atoms with Crippen LogP contribution in [0.3, 0.4) is 0 Å². The van der Waals surface area contributed by atoms with Crippen LogP contribution < -0.4 is 0 Å². The molecule has 0 radical (unpaired) electrons. The van der Waals surface area contributed by atoms with Crippen LogP contribution in [0.25, 0.3) is 0 Å². The zero-order valence-electron chi connectivity index (χ0n) is 18.6. The van der Waals surface area contributed by atoms with Crippen LogP contribution in [0.5, 0.6) is 0 Å². The molecule has 1 heterocycles. The number of hydrogen-bond donors (Lipinski definition) is 0. The fourth-order valence-corrected chi connectivity index (χ4v) is 8.36. The zero-order chi connectivity index (χ0) is 21.0. The molecule has 5 aliphatic rings. The molecule has 158 valence electrons. The molecule has 5 rings (SSSR count). The number of rotatable bonds is 1. The minimum atomic E-state index is -0.829. The van der Waals surface area contributed by atoms with Crippen molar-refractivity contribution in [2.45, 2.75) is 84.7 Å². The molecule has 0 amide bonds. The van der Waals surface area contributed by atoms with Crippen molar-refractivity contribution >= 4 is 11.6 Å². The summed E-state index contributed by atoms with van der Waals surface area (Å²) >= 11 is 0. The lowest BCUT2D eigenvalue weighted by molar-refractivity contribution is -0.213. The molecule has 0 unspecified atom stereocenters. The molecular formula is C25H34O4. The van der Waals surface area contributed by atoms with E-state index < -0.39 is 11.4 Å². The van der Waals surface area contributed by atoms with Crippen LogP contribution in [-0.4, -0.2) is 29.1 Å². The van der Waals surface area contributed by atoms with Gasteiger partial charge in [-0.05, 0) is 82.3 Å². The van der Waals surface area contributed by atoms with Crippen molar-refractivity contribution in [2.24, 2.45) is 34.5 Å². The predicted molar refractivity (Wildman–Crippen MR) is 110 cm³/mol. The lowest BCUT2D eigenvalue weighted by atomic mass is 9.45. The normalized spacial score (nSPS) is 52.3. The van der Waals surface area contributed by atoms with E-state index in [9.17, 15) is 9.59 Å². The minimum Gasteiger partial charge on any atom is -0.344 e. The number of carbonyl (C=O) groups is 2. The lowest BCUT2D eigenvalue weighted by Gasteiger charge is -2.59. The van der Waals surface area contributed by atoms with Crippen molar-refractivity contribution < 1.29 is 19.1 Å². The van der Waals surface area contributed by atoms with E-state index in [0.29, 0.717) is 23.7 Å². The van der Waals surface area contributed by atoms with Crippen LogP contribution in [0.1, 0.15) is 67.2 Å². The Hall–Kier alpha value is -1.26. The summed E-state index contributed by atoms with van der Waals surface area (Å²) in [5, 5.41) is 0. The zero-order valence-corrected chi connectivity index (χ0v) is 18.6. The van der Waals surface area contributed by atoms with Crippen molar-refractivity contribution in [3.8, 4) is 0 Å². The summed E-state index contributed by atoms with van der Waals surface area (Å²) in [7, 11) is 0. The molecule has 0 aromatic rings. The van der Waals surface area contributed by atoms with Gasteiger partial charge in [-0.25, -0.2) is 0 Å². The molecule has 29 heavy (non-hydrogen) atoms. The second kappa shape index (κ2) is 5.70. The molecule has 1 saturated heterocycles. The summed E-state index contributed by atoms with van der Waals surface area (Å²) in [4.78, 5) is 25.2. The molecular weight excluding hydrogens is 364 g/mol. The number of ketones is 2. The van der Waals surface area contributed by atoms with Gasteiger partial charge in [0.1, 0.15) is 0 Å². The highest BCUT2D eigenvalue weighted by atomic mass is 16.8. The Morgan fingerprint density at radius 2 is 1.86 bits per heavy atom. The molecule has 4 aliphatic carbocycles. The molecule has 0 aromatic heterocycles. The quantitative estimate of drug-likeness (QED) is 0.646. The molecule has 1 aliphatic heterocycles. The van der Waals surface area contributed by atoms with E-state index >= 15 is 0 Å². The van der Waals surface area contributed by atoms with Crippen molar-refractivity contribution in [3.05, 3.63) is 23.8 Å². The van der Waals surface area contributed by atoms with Crippen LogP contribution in [0, 0.1) is 34.5 Å². The topological polar surface area (TPSA) is 52.6 Å². The molecule has 0 N–H and O–H groups in total. The highest BCUT2D eigenvalue weighted by Crippen LogP contribution is 2.70. The van der Waals surface area contributed by atoms with Gasteiger partial charge >= 0.3 is 0 Å². The van der Waals surface area contributed by atoms with Gasteiger partial charge in [-0.2, -0.15) is 0 Å².